The van der Waals surface area contributed by atoms with Crippen molar-refractivity contribution in [2.45, 2.75) is 6.04 Å². The van der Waals surface area contributed by atoms with Gasteiger partial charge in [0.25, 0.3) is 5.91 Å². The van der Waals surface area contributed by atoms with Gasteiger partial charge in [0.1, 0.15) is 11.4 Å². The van der Waals surface area contributed by atoms with Gasteiger partial charge in [-0.3, -0.25) is 9.89 Å². The highest BCUT2D eigenvalue weighted by Crippen LogP contribution is 2.37. The van der Waals surface area contributed by atoms with Crippen LogP contribution in [0.3, 0.4) is 0 Å². The van der Waals surface area contributed by atoms with Gasteiger partial charge in [0.15, 0.2) is 0 Å². The molecule has 1 atom stereocenters. The molecule has 1 aromatic heterocycles. The number of methoxy groups -OCH3 is 1. The zero-order valence-electron chi connectivity index (χ0n) is 12.8. The summed E-state index contributed by atoms with van der Waals surface area (Å²) in [4.78, 5) is 12.2. The minimum atomic E-state index is -0.249. The minimum absolute atomic E-state index is 0.155. The number of hydrogen-bond donors (Lipinski definition) is 2. The summed E-state index contributed by atoms with van der Waals surface area (Å²) in [7, 11) is 1.63. The SMILES string of the molecule is COc1ccc(-c2n[nH]c3c2[C@H](c2ccc(Cl)cc2)NC3=O)cc1. The average molecular weight is 340 g/mol. The molecule has 2 aromatic carbocycles. The van der Waals surface area contributed by atoms with Crippen molar-refractivity contribution in [1.29, 1.82) is 0 Å². The van der Waals surface area contributed by atoms with Crippen molar-refractivity contribution in [3.63, 3.8) is 0 Å². The Labute approximate surface area is 143 Å². The highest BCUT2D eigenvalue weighted by Gasteiger charge is 2.35. The molecule has 0 spiro atoms. The van der Waals surface area contributed by atoms with Crippen LogP contribution in [0.25, 0.3) is 11.3 Å². The molecule has 0 aliphatic carbocycles. The summed E-state index contributed by atoms with van der Waals surface area (Å²) in [6, 6.07) is 14.8. The lowest BCUT2D eigenvalue weighted by atomic mass is 9.97. The predicted octanol–water partition coefficient (Wildman–Crippen LogP) is 3.57. The first-order valence-corrected chi connectivity index (χ1v) is 7.84. The fourth-order valence-corrected chi connectivity index (χ4v) is 3.08. The number of aromatic nitrogens is 2. The van der Waals surface area contributed by atoms with E-state index in [1.54, 1.807) is 7.11 Å². The Kier molecular flexibility index (Phi) is 3.50. The normalized spacial score (nSPS) is 15.9. The van der Waals surface area contributed by atoms with Gasteiger partial charge in [-0.1, -0.05) is 23.7 Å². The highest BCUT2D eigenvalue weighted by atomic mass is 35.5. The van der Waals surface area contributed by atoms with Crippen LogP contribution in [0.2, 0.25) is 5.02 Å². The molecule has 0 unspecified atom stereocenters. The molecule has 0 bridgehead atoms. The van der Waals surface area contributed by atoms with Gasteiger partial charge in [0.05, 0.1) is 18.8 Å². The molecule has 0 saturated carbocycles. The second-order valence-corrected chi connectivity index (χ2v) is 5.98. The third-order valence-electron chi connectivity index (χ3n) is 4.16. The van der Waals surface area contributed by atoms with Crippen molar-refractivity contribution in [1.82, 2.24) is 15.5 Å². The molecule has 0 saturated heterocycles. The maximum atomic E-state index is 12.2. The Bertz CT molecular complexity index is 901. The molecule has 0 fully saturated rings. The lowest BCUT2D eigenvalue weighted by molar-refractivity contribution is 0.0955. The number of rotatable bonds is 3. The quantitative estimate of drug-likeness (QED) is 0.766. The molecule has 24 heavy (non-hydrogen) atoms. The van der Waals surface area contributed by atoms with E-state index in [0.29, 0.717) is 10.7 Å². The maximum absolute atomic E-state index is 12.2. The largest absolute Gasteiger partial charge is 0.497 e. The number of nitrogens with one attached hydrogen (secondary N) is 2. The van der Waals surface area contributed by atoms with E-state index < -0.39 is 0 Å². The number of hydrogen-bond acceptors (Lipinski definition) is 3. The van der Waals surface area contributed by atoms with Crippen molar-refractivity contribution in [2.24, 2.45) is 0 Å². The number of benzene rings is 2. The molecule has 1 amide bonds. The molecule has 3 aromatic rings. The molecule has 1 aliphatic heterocycles. The number of ether oxygens (including phenoxy) is 1. The number of nitrogens with zero attached hydrogens (tertiary/aromatic N) is 1. The van der Waals surface area contributed by atoms with Gasteiger partial charge in [0.2, 0.25) is 0 Å². The van der Waals surface area contributed by atoms with Crippen molar-refractivity contribution in [3.8, 4) is 17.0 Å². The Balaban J connectivity index is 1.80. The summed E-state index contributed by atoms with van der Waals surface area (Å²) in [5.41, 5.74) is 3.99. The fraction of sp³-hybridized carbons (Fsp3) is 0.111. The van der Waals surface area contributed by atoms with Crippen LogP contribution in [0, 0.1) is 0 Å². The van der Waals surface area contributed by atoms with Crippen molar-refractivity contribution in [3.05, 3.63) is 70.4 Å². The van der Waals surface area contributed by atoms with Crippen LogP contribution in [-0.4, -0.2) is 23.2 Å². The van der Waals surface area contributed by atoms with Crippen LogP contribution in [0.5, 0.6) is 5.75 Å². The van der Waals surface area contributed by atoms with Gasteiger partial charge < -0.3 is 10.1 Å². The molecule has 1 aliphatic rings. The predicted molar refractivity (Wildman–Crippen MR) is 91.3 cm³/mol. The van der Waals surface area contributed by atoms with E-state index in [0.717, 1.165) is 28.1 Å². The van der Waals surface area contributed by atoms with Gasteiger partial charge in [-0.25, -0.2) is 0 Å². The average Bonchev–Trinajstić information content (AvgIpc) is 3.18. The summed E-state index contributed by atoms with van der Waals surface area (Å²) in [5.74, 6) is 0.617. The second-order valence-electron chi connectivity index (χ2n) is 5.55. The number of carbonyl (C=O) groups excluding carboxylic acids is 1. The zero-order chi connectivity index (χ0) is 16.7. The number of amides is 1. The molecular formula is C18H14ClN3O2. The molecule has 0 radical (unpaired) electrons. The summed E-state index contributed by atoms with van der Waals surface area (Å²) >= 11 is 5.96. The maximum Gasteiger partial charge on any atom is 0.270 e. The standard InChI is InChI=1S/C18H14ClN3O2/c1-24-13-8-4-11(5-9-13)16-14-15(10-2-6-12(19)7-3-10)20-18(23)17(14)22-21-16/h2-9,15H,1H3,(H,20,23)(H,21,22)/t15-/m0/s1. The third-order valence-corrected chi connectivity index (χ3v) is 4.41. The Hall–Kier alpha value is -2.79. The van der Waals surface area contributed by atoms with E-state index in [2.05, 4.69) is 15.5 Å². The Morgan fingerprint density at radius 1 is 1.08 bits per heavy atom. The van der Waals surface area contributed by atoms with E-state index in [1.165, 1.54) is 0 Å². The summed E-state index contributed by atoms with van der Waals surface area (Å²) < 4.78 is 5.19. The van der Waals surface area contributed by atoms with Crippen LogP contribution in [0.4, 0.5) is 0 Å². The molecule has 2 N–H and O–H groups in total. The number of H-pyrrole nitrogens is 1. The van der Waals surface area contributed by atoms with Gasteiger partial charge in [-0.15, -0.1) is 0 Å². The topological polar surface area (TPSA) is 67.0 Å². The lowest BCUT2D eigenvalue weighted by Gasteiger charge is -2.13. The molecule has 6 heteroatoms. The first kappa shape index (κ1) is 14.8. The molecular weight excluding hydrogens is 326 g/mol. The van der Waals surface area contributed by atoms with Crippen LogP contribution < -0.4 is 10.1 Å². The second kappa shape index (κ2) is 5.69. The fourth-order valence-electron chi connectivity index (χ4n) is 2.95. The van der Waals surface area contributed by atoms with Gasteiger partial charge in [0, 0.05) is 16.1 Å². The van der Waals surface area contributed by atoms with Crippen molar-refractivity contribution in [2.75, 3.05) is 7.11 Å². The Morgan fingerprint density at radius 2 is 1.79 bits per heavy atom. The van der Waals surface area contributed by atoms with E-state index in [4.69, 9.17) is 16.3 Å². The molecule has 4 rings (SSSR count). The number of carbonyl (C=O) groups is 1. The van der Waals surface area contributed by atoms with E-state index in [-0.39, 0.29) is 11.9 Å². The highest BCUT2D eigenvalue weighted by molar-refractivity contribution is 6.30. The van der Waals surface area contributed by atoms with Crippen LogP contribution in [0.15, 0.2) is 48.5 Å². The van der Waals surface area contributed by atoms with Gasteiger partial charge in [-0.05, 0) is 42.0 Å². The lowest BCUT2D eigenvalue weighted by Crippen LogP contribution is -2.21. The zero-order valence-corrected chi connectivity index (χ0v) is 13.6. The van der Waals surface area contributed by atoms with Gasteiger partial charge >= 0.3 is 0 Å². The monoisotopic (exact) mass is 339 g/mol. The number of halogens is 1. The van der Waals surface area contributed by atoms with E-state index in [1.807, 2.05) is 48.5 Å². The number of fused-ring (bicyclic) bond motifs is 1. The van der Waals surface area contributed by atoms with Crippen LogP contribution in [-0.2, 0) is 0 Å². The first-order chi connectivity index (χ1) is 11.7. The molecule has 2 heterocycles. The van der Waals surface area contributed by atoms with Crippen LogP contribution in [0.1, 0.15) is 27.7 Å². The smallest absolute Gasteiger partial charge is 0.270 e. The van der Waals surface area contributed by atoms with Crippen molar-refractivity contribution < 1.29 is 9.53 Å². The minimum Gasteiger partial charge on any atom is -0.497 e. The Morgan fingerprint density at radius 3 is 2.46 bits per heavy atom. The first-order valence-electron chi connectivity index (χ1n) is 7.46. The van der Waals surface area contributed by atoms with E-state index in [9.17, 15) is 4.79 Å². The summed E-state index contributed by atoms with van der Waals surface area (Å²) in [6.45, 7) is 0. The third kappa shape index (κ3) is 2.34. The van der Waals surface area contributed by atoms with E-state index >= 15 is 0 Å². The summed E-state index contributed by atoms with van der Waals surface area (Å²) in [6.07, 6.45) is 0. The summed E-state index contributed by atoms with van der Waals surface area (Å²) in [5, 5.41) is 10.9. The van der Waals surface area contributed by atoms with Crippen molar-refractivity contribution >= 4 is 17.5 Å². The van der Waals surface area contributed by atoms with Crippen LogP contribution >= 0.6 is 11.6 Å². The van der Waals surface area contributed by atoms with Gasteiger partial charge in [-0.2, -0.15) is 5.10 Å². The molecule has 5 nitrogen and oxygen atoms in total. The molecule has 120 valence electrons. The number of aromatic amines is 1.